The Kier molecular flexibility index (Phi) is 5.52. The van der Waals surface area contributed by atoms with Gasteiger partial charge in [-0.05, 0) is 31.4 Å². The smallest absolute Gasteiger partial charge is 0.252 e. The molecule has 150 valence electrons. The lowest BCUT2D eigenvalue weighted by atomic mass is 9.78. The predicted molar refractivity (Wildman–Crippen MR) is 104 cm³/mol. The lowest BCUT2D eigenvalue weighted by Gasteiger charge is -2.55. The minimum absolute atomic E-state index is 0.0942. The van der Waals surface area contributed by atoms with Crippen molar-refractivity contribution < 1.29 is 17.9 Å². The van der Waals surface area contributed by atoms with Crippen LogP contribution >= 0.6 is 22.9 Å². The summed E-state index contributed by atoms with van der Waals surface area (Å²) in [5.41, 5.74) is 0.150. The van der Waals surface area contributed by atoms with Crippen molar-refractivity contribution in [2.75, 3.05) is 52.5 Å². The van der Waals surface area contributed by atoms with E-state index in [9.17, 15) is 13.2 Å². The highest BCUT2D eigenvalue weighted by molar-refractivity contribution is 7.91. The van der Waals surface area contributed by atoms with E-state index in [2.05, 4.69) is 4.90 Å². The maximum absolute atomic E-state index is 12.7. The van der Waals surface area contributed by atoms with Crippen LogP contribution < -0.4 is 0 Å². The average molecular weight is 434 g/mol. The highest BCUT2D eigenvalue weighted by Crippen LogP contribution is 2.39. The van der Waals surface area contributed by atoms with Gasteiger partial charge in [-0.15, -0.1) is 11.3 Å². The van der Waals surface area contributed by atoms with Crippen molar-refractivity contribution in [3.05, 3.63) is 16.5 Å². The first-order chi connectivity index (χ1) is 12.9. The van der Waals surface area contributed by atoms with Gasteiger partial charge in [-0.1, -0.05) is 11.6 Å². The molecule has 4 heterocycles. The maximum atomic E-state index is 12.7. The van der Waals surface area contributed by atoms with Crippen molar-refractivity contribution in [1.82, 2.24) is 14.1 Å². The van der Waals surface area contributed by atoms with Crippen LogP contribution in [0.25, 0.3) is 0 Å². The fourth-order valence-corrected chi connectivity index (χ4v) is 7.21. The molecule has 3 aliphatic heterocycles. The molecule has 3 saturated heterocycles. The summed E-state index contributed by atoms with van der Waals surface area (Å²) in [7, 11) is -3.52. The first-order valence-electron chi connectivity index (χ1n) is 9.27. The molecule has 4 rings (SSSR count). The number of thiophene rings is 1. The van der Waals surface area contributed by atoms with Crippen LogP contribution in [0.15, 0.2) is 16.3 Å². The van der Waals surface area contributed by atoms with E-state index in [-0.39, 0.29) is 15.7 Å². The van der Waals surface area contributed by atoms with Crippen LogP contribution in [0.4, 0.5) is 0 Å². The van der Waals surface area contributed by atoms with Gasteiger partial charge in [-0.2, -0.15) is 4.31 Å². The lowest BCUT2D eigenvalue weighted by molar-refractivity contribution is -0.143. The van der Waals surface area contributed by atoms with Crippen molar-refractivity contribution in [3.8, 4) is 0 Å². The molecule has 0 aromatic carbocycles. The summed E-state index contributed by atoms with van der Waals surface area (Å²) in [4.78, 5) is 16.8. The summed E-state index contributed by atoms with van der Waals surface area (Å²) < 4.78 is 33.0. The standard InChI is InChI=1S/C17H24ClN3O4S2/c18-14-1-2-16(26-14)27(23,24)21-9-7-19(8-10-21)15(22)13-20-6-3-17(20)4-11-25-12-5-17/h1-2H,3-13H2. The lowest BCUT2D eigenvalue weighted by Crippen LogP contribution is -2.64. The number of nitrogens with zero attached hydrogens (tertiary/aromatic N) is 3. The van der Waals surface area contributed by atoms with E-state index in [1.54, 1.807) is 11.0 Å². The topological polar surface area (TPSA) is 70.2 Å². The van der Waals surface area contributed by atoms with Crippen molar-refractivity contribution in [1.29, 1.82) is 0 Å². The number of halogens is 1. The zero-order chi connectivity index (χ0) is 19.1. The molecule has 0 aliphatic carbocycles. The Morgan fingerprint density at radius 2 is 1.81 bits per heavy atom. The zero-order valence-electron chi connectivity index (χ0n) is 15.1. The third kappa shape index (κ3) is 3.77. The summed E-state index contributed by atoms with van der Waals surface area (Å²) in [6.45, 7) is 4.43. The van der Waals surface area contributed by atoms with E-state index in [1.165, 1.54) is 10.4 Å². The molecular formula is C17H24ClN3O4S2. The summed E-state index contributed by atoms with van der Waals surface area (Å²) in [5, 5.41) is 0. The van der Waals surface area contributed by atoms with Crippen molar-refractivity contribution in [2.24, 2.45) is 0 Å². The van der Waals surface area contributed by atoms with E-state index in [4.69, 9.17) is 16.3 Å². The van der Waals surface area contributed by atoms with Crippen molar-refractivity contribution >= 4 is 38.9 Å². The minimum Gasteiger partial charge on any atom is -0.381 e. The molecule has 27 heavy (non-hydrogen) atoms. The normalized spacial score (nSPS) is 24.1. The Hall–Kier alpha value is -0.710. The third-order valence-corrected chi connectivity index (χ3v) is 9.60. The number of hydrogen-bond donors (Lipinski definition) is 0. The second kappa shape index (κ2) is 7.61. The number of amides is 1. The van der Waals surface area contributed by atoms with Crippen LogP contribution in [0.2, 0.25) is 4.34 Å². The molecule has 3 aliphatic rings. The van der Waals surface area contributed by atoms with Crippen LogP contribution in [0.3, 0.4) is 0 Å². The molecule has 0 bridgehead atoms. The predicted octanol–water partition coefficient (Wildman–Crippen LogP) is 1.49. The third-order valence-electron chi connectivity index (χ3n) is 6.00. The number of sulfonamides is 1. The molecule has 1 aromatic rings. The number of ether oxygens (including phenoxy) is 1. The SMILES string of the molecule is O=C(CN1CCC12CCOCC2)N1CCN(S(=O)(=O)c2ccc(Cl)s2)CC1. The minimum atomic E-state index is -3.52. The molecule has 0 radical (unpaired) electrons. The van der Waals surface area contributed by atoms with Gasteiger partial charge in [-0.3, -0.25) is 9.69 Å². The molecule has 0 N–H and O–H groups in total. The molecule has 1 aromatic heterocycles. The fourth-order valence-electron chi connectivity index (χ4n) is 4.16. The molecule has 3 fully saturated rings. The number of carbonyl (C=O) groups excluding carboxylic acids is 1. The quantitative estimate of drug-likeness (QED) is 0.719. The van der Waals surface area contributed by atoms with Crippen LogP contribution in [-0.4, -0.2) is 86.5 Å². The summed E-state index contributed by atoms with van der Waals surface area (Å²) >= 11 is 6.93. The van der Waals surface area contributed by atoms with Gasteiger partial charge in [0.15, 0.2) is 0 Å². The fraction of sp³-hybridized carbons (Fsp3) is 0.706. The molecular weight excluding hydrogens is 410 g/mol. The number of piperazine rings is 1. The van der Waals surface area contributed by atoms with Gasteiger partial charge in [0, 0.05) is 51.5 Å². The molecule has 1 amide bonds. The van der Waals surface area contributed by atoms with E-state index in [0.29, 0.717) is 37.1 Å². The van der Waals surface area contributed by atoms with E-state index < -0.39 is 10.0 Å². The van der Waals surface area contributed by atoms with Gasteiger partial charge in [-0.25, -0.2) is 8.42 Å². The highest BCUT2D eigenvalue weighted by Gasteiger charge is 2.46. The van der Waals surface area contributed by atoms with Crippen molar-refractivity contribution in [2.45, 2.75) is 29.0 Å². The molecule has 1 spiro atoms. The average Bonchev–Trinajstić information content (AvgIpc) is 3.13. The van der Waals surface area contributed by atoms with Crippen LogP contribution in [0.1, 0.15) is 19.3 Å². The summed E-state index contributed by atoms with van der Waals surface area (Å²) in [6, 6.07) is 3.13. The Morgan fingerprint density at radius 1 is 1.11 bits per heavy atom. The summed E-state index contributed by atoms with van der Waals surface area (Å²) in [5.74, 6) is 0.0942. The molecule has 0 unspecified atom stereocenters. The van der Waals surface area contributed by atoms with E-state index >= 15 is 0 Å². The Bertz CT molecular complexity index is 799. The Morgan fingerprint density at radius 3 is 2.37 bits per heavy atom. The number of hydrogen-bond acceptors (Lipinski definition) is 6. The zero-order valence-corrected chi connectivity index (χ0v) is 17.5. The molecule has 0 saturated carbocycles. The van der Waals surface area contributed by atoms with Crippen LogP contribution in [0, 0.1) is 0 Å². The van der Waals surface area contributed by atoms with Crippen LogP contribution in [-0.2, 0) is 19.6 Å². The number of carbonyl (C=O) groups is 1. The highest BCUT2D eigenvalue weighted by atomic mass is 35.5. The Balaban J connectivity index is 1.32. The molecule has 7 nitrogen and oxygen atoms in total. The first kappa shape index (κ1) is 19.6. The first-order valence-corrected chi connectivity index (χ1v) is 11.9. The van der Waals surface area contributed by atoms with Gasteiger partial charge in [0.1, 0.15) is 4.21 Å². The van der Waals surface area contributed by atoms with Crippen LogP contribution in [0.5, 0.6) is 0 Å². The van der Waals surface area contributed by atoms with Gasteiger partial charge in [0.2, 0.25) is 5.91 Å². The summed E-state index contributed by atoms with van der Waals surface area (Å²) in [6.07, 6.45) is 3.13. The van der Waals surface area contributed by atoms with Crippen molar-refractivity contribution in [3.63, 3.8) is 0 Å². The maximum Gasteiger partial charge on any atom is 0.252 e. The van der Waals surface area contributed by atoms with Gasteiger partial charge in [0.05, 0.1) is 10.9 Å². The van der Waals surface area contributed by atoms with Gasteiger partial charge < -0.3 is 9.64 Å². The van der Waals surface area contributed by atoms with E-state index in [1.807, 2.05) is 0 Å². The second-order valence-electron chi connectivity index (χ2n) is 7.35. The van der Waals surface area contributed by atoms with Gasteiger partial charge >= 0.3 is 0 Å². The Labute approximate surface area is 168 Å². The second-order valence-corrected chi connectivity index (χ2v) is 11.2. The van der Waals surface area contributed by atoms with Gasteiger partial charge in [0.25, 0.3) is 10.0 Å². The molecule has 10 heteroatoms. The largest absolute Gasteiger partial charge is 0.381 e. The number of likely N-dealkylation sites (tertiary alicyclic amines) is 1. The van der Waals surface area contributed by atoms with E-state index in [0.717, 1.165) is 50.4 Å². The number of rotatable bonds is 4. The molecule has 0 atom stereocenters. The monoisotopic (exact) mass is 433 g/mol.